The number of carbonyl (C=O) groups excluding carboxylic acids is 2. The van der Waals surface area contributed by atoms with Gasteiger partial charge in [0.1, 0.15) is 6.54 Å². The van der Waals surface area contributed by atoms with Gasteiger partial charge in [0.25, 0.3) is 0 Å². The van der Waals surface area contributed by atoms with Crippen LogP contribution in [0.4, 0.5) is 5.69 Å². The third kappa shape index (κ3) is 7.25. The van der Waals surface area contributed by atoms with Crippen LogP contribution < -0.4 is 15.5 Å². The molecule has 0 bridgehead atoms. The van der Waals surface area contributed by atoms with Crippen LogP contribution in [0.25, 0.3) is 0 Å². The highest BCUT2D eigenvalue weighted by molar-refractivity contribution is 14.0. The highest BCUT2D eigenvalue weighted by Crippen LogP contribution is 2.16. The number of piperazine rings is 1. The summed E-state index contributed by atoms with van der Waals surface area (Å²) in [6.45, 7) is 11.2. The third-order valence-electron chi connectivity index (χ3n) is 5.81. The second-order valence-corrected chi connectivity index (χ2v) is 8.47. The maximum absolute atomic E-state index is 12.7. The summed E-state index contributed by atoms with van der Waals surface area (Å²) in [5.41, 5.74) is 1.20. The van der Waals surface area contributed by atoms with E-state index in [4.69, 9.17) is 0 Å². The molecule has 2 aliphatic heterocycles. The van der Waals surface area contributed by atoms with E-state index in [1.54, 1.807) is 0 Å². The molecule has 2 aliphatic rings. The van der Waals surface area contributed by atoms with Crippen LogP contribution in [0.3, 0.4) is 0 Å². The van der Waals surface area contributed by atoms with Crippen molar-refractivity contribution >= 4 is 47.4 Å². The van der Waals surface area contributed by atoms with Gasteiger partial charge in [-0.2, -0.15) is 0 Å². The van der Waals surface area contributed by atoms with Crippen LogP contribution in [0.5, 0.6) is 0 Å². The number of hydrogen-bond donors (Lipinski definition) is 2. The number of rotatable bonds is 6. The van der Waals surface area contributed by atoms with Gasteiger partial charge in [0.05, 0.1) is 0 Å². The normalized spacial score (nSPS) is 19.1. The molecule has 0 saturated carbocycles. The predicted octanol–water partition coefficient (Wildman–Crippen LogP) is 1.77. The lowest BCUT2D eigenvalue weighted by Gasteiger charge is -2.36. The lowest BCUT2D eigenvalue weighted by Crippen LogP contribution is -2.50. The molecule has 2 amide bonds. The number of carbonyl (C=O) groups is 2. The van der Waals surface area contributed by atoms with Crippen molar-refractivity contribution in [1.29, 1.82) is 0 Å². The largest absolute Gasteiger partial charge is 0.368 e. The predicted molar refractivity (Wildman–Crippen MR) is 140 cm³/mol. The third-order valence-corrected chi connectivity index (χ3v) is 5.81. The fourth-order valence-electron chi connectivity index (χ4n) is 4.06. The smallest absolute Gasteiger partial charge is 0.244 e. The lowest BCUT2D eigenvalue weighted by molar-refractivity contribution is -0.133. The minimum absolute atomic E-state index is 0. The molecule has 2 N–H and O–H groups in total. The van der Waals surface area contributed by atoms with Crippen LogP contribution in [0, 0.1) is 5.92 Å². The number of guanidine groups is 1. The summed E-state index contributed by atoms with van der Waals surface area (Å²) in [7, 11) is 0. The number of nitrogens with zero attached hydrogens (tertiary/aromatic N) is 4. The molecule has 0 aliphatic carbocycles. The van der Waals surface area contributed by atoms with Crippen molar-refractivity contribution in [3.8, 4) is 0 Å². The van der Waals surface area contributed by atoms with Crippen LogP contribution in [0.1, 0.15) is 27.2 Å². The zero-order valence-electron chi connectivity index (χ0n) is 19.4. The molecule has 1 atom stereocenters. The first-order valence-corrected chi connectivity index (χ1v) is 11.4. The summed E-state index contributed by atoms with van der Waals surface area (Å²) in [6, 6.07) is 10.5. The van der Waals surface area contributed by atoms with Gasteiger partial charge in [0.15, 0.2) is 5.96 Å². The van der Waals surface area contributed by atoms with E-state index >= 15 is 0 Å². The summed E-state index contributed by atoms with van der Waals surface area (Å²) < 4.78 is 0. The molecule has 2 fully saturated rings. The summed E-state index contributed by atoms with van der Waals surface area (Å²) in [5.74, 6) is 0.896. The number of hydrogen-bond acceptors (Lipinski definition) is 4. The van der Waals surface area contributed by atoms with Crippen LogP contribution in [-0.4, -0.2) is 86.0 Å². The molecule has 3 rings (SSSR count). The Labute approximate surface area is 208 Å². The maximum Gasteiger partial charge on any atom is 0.244 e. The number of anilines is 1. The van der Waals surface area contributed by atoms with E-state index in [1.807, 2.05) is 48.8 Å². The topological polar surface area (TPSA) is 80.3 Å². The van der Waals surface area contributed by atoms with Crippen LogP contribution in [-0.2, 0) is 9.59 Å². The summed E-state index contributed by atoms with van der Waals surface area (Å²) in [4.78, 5) is 35.5. The first kappa shape index (κ1) is 26.2. The minimum atomic E-state index is 0. The SMILES string of the molecule is CCNC(=NCC(=O)N1CCN(c2ccccc2)CC1)NC1CCN(C(=O)C(C)C)C1.I. The van der Waals surface area contributed by atoms with E-state index in [-0.39, 0.29) is 54.3 Å². The first-order chi connectivity index (χ1) is 15.0. The van der Waals surface area contributed by atoms with Crippen molar-refractivity contribution in [2.24, 2.45) is 10.9 Å². The van der Waals surface area contributed by atoms with Crippen LogP contribution in [0.15, 0.2) is 35.3 Å². The quantitative estimate of drug-likeness (QED) is 0.317. The van der Waals surface area contributed by atoms with E-state index in [0.717, 1.165) is 32.6 Å². The lowest BCUT2D eigenvalue weighted by atomic mass is 10.2. The Morgan fingerprint density at radius 3 is 2.38 bits per heavy atom. The van der Waals surface area contributed by atoms with Crippen molar-refractivity contribution in [2.75, 3.05) is 57.3 Å². The number of likely N-dealkylation sites (tertiary alicyclic amines) is 1. The molecule has 32 heavy (non-hydrogen) atoms. The van der Waals surface area contributed by atoms with E-state index in [9.17, 15) is 9.59 Å². The van der Waals surface area contributed by atoms with Crippen LogP contribution in [0.2, 0.25) is 0 Å². The fraction of sp³-hybridized carbons (Fsp3) is 0.609. The highest BCUT2D eigenvalue weighted by atomic mass is 127. The van der Waals surface area contributed by atoms with Gasteiger partial charge < -0.3 is 25.3 Å². The van der Waals surface area contributed by atoms with Gasteiger partial charge in [-0.25, -0.2) is 4.99 Å². The van der Waals surface area contributed by atoms with Gasteiger partial charge in [-0.3, -0.25) is 9.59 Å². The van der Waals surface area contributed by atoms with Gasteiger partial charge in [-0.15, -0.1) is 24.0 Å². The molecular weight excluding hydrogens is 519 g/mol. The van der Waals surface area contributed by atoms with Crippen molar-refractivity contribution < 1.29 is 9.59 Å². The number of amides is 2. The van der Waals surface area contributed by atoms with E-state index < -0.39 is 0 Å². The maximum atomic E-state index is 12.7. The molecule has 0 spiro atoms. The molecule has 2 saturated heterocycles. The highest BCUT2D eigenvalue weighted by Gasteiger charge is 2.28. The number of halogens is 1. The second kappa shape index (κ2) is 12.9. The Hall–Kier alpha value is -2.04. The molecule has 9 heteroatoms. The molecule has 1 aromatic rings. The molecule has 178 valence electrons. The number of para-hydroxylation sites is 1. The second-order valence-electron chi connectivity index (χ2n) is 8.47. The van der Waals surface area contributed by atoms with Gasteiger partial charge in [-0.05, 0) is 25.5 Å². The molecule has 8 nitrogen and oxygen atoms in total. The van der Waals surface area contributed by atoms with Crippen LogP contribution >= 0.6 is 24.0 Å². The Morgan fingerprint density at radius 1 is 1.06 bits per heavy atom. The molecule has 0 aromatic heterocycles. The molecule has 2 heterocycles. The van der Waals surface area contributed by atoms with Gasteiger partial charge >= 0.3 is 0 Å². The Balaban J connectivity index is 0.00000363. The number of aliphatic imine (C=N–C) groups is 1. The number of nitrogens with one attached hydrogen (secondary N) is 2. The van der Waals surface area contributed by atoms with Gasteiger partial charge in [0, 0.05) is 63.5 Å². The molecule has 0 radical (unpaired) electrons. The fourth-order valence-corrected chi connectivity index (χ4v) is 4.06. The average molecular weight is 556 g/mol. The van der Waals surface area contributed by atoms with Crippen molar-refractivity contribution in [2.45, 2.75) is 33.2 Å². The van der Waals surface area contributed by atoms with E-state index in [1.165, 1.54) is 5.69 Å². The van der Waals surface area contributed by atoms with E-state index in [0.29, 0.717) is 25.6 Å². The zero-order chi connectivity index (χ0) is 22.2. The van der Waals surface area contributed by atoms with Gasteiger partial charge in [0.2, 0.25) is 11.8 Å². The first-order valence-electron chi connectivity index (χ1n) is 11.4. The molecule has 1 aromatic carbocycles. The summed E-state index contributed by atoms with van der Waals surface area (Å²) >= 11 is 0. The Bertz CT molecular complexity index is 765. The number of benzene rings is 1. The van der Waals surface area contributed by atoms with E-state index in [2.05, 4.69) is 32.7 Å². The van der Waals surface area contributed by atoms with Crippen molar-refractivity contribution in [3.05, 3.63) is 30.3 Å². The zero-order valence-corrected chi connectivity index (χ0v) is 21.7. The monoisotopic (exact) mass is 556 g/mol. The van der Waals surface area contributed by atoms with Gasteiger partial charge in [-0.1, -0.05) is 32.0 Å². The average Bonchev–Trinajstić information content (AvgIpc) is 3.26. The molecule has 1 unspecified atom stereocenters. The Morgan fingerprint density at radius 2 is 1.75 bits per heavy atom. The summed E-state index contributed by atoms with van der Waals surface area (Å²) in [5, 5.41) is 6.61. The van der Waals surface area contributed by atoms with Crippen molar-refractivity contribution in [3.63, 3.8) is 0 Å². The standard InChI is InChI=1S/C23H36N6O2.HI/c1-4-24-23(26-19-10-11-29(17-19)22(31)18(2)3)25-16-21(30)28-14-12-27(13-15-28)20-8-6-5-7-9-20;/h5-9,18-19H,4,10-17H2,1-3H3,(H2,24,25,26);1H. The molecular formula is C23H37IN6O2. The summed E-state index contributed by atoms with van der Waals surface area (Å²) in [6.07, 6.45) is 0.887. The van der Waals surface area contributed by atoms with Crippen molar-refractivity contribution in [1.82, 2.24) is 20.4 Å². The minimum Gasteiger partial charge on any atom is -0.368 e. The Kier molecular flexibility index (Phi) is 10.5.